The van der Waals surface area contributed by atoms with Gasteiger partial charge in [-0.05, 0) is 54.1 Å². The molecule has 2 amide bonds. The molecule has 10 heteroatoms. The van der Waals surface area contributed by atoms with Crippen molar-refractivity contribution in [1.82, 2.24) is 0 Å². The van der Waals surface area contributed by atoms with Gasteiger partial charge in [0.15, 0.2) is 6.10 Å². The number of amides is 2. The standard InChI is InChI=1S/C23H15Cl2N3O5/c24-14-3-9-16(10-4-14)26-22(29)19-20(13-1-7-18(8-2-13)28(31)32)27(33-21(19)23(26)30)17-11-5-15(25)6-12-17/h1-12,19-21H. The van der Waals surface area contributed by atoms with E-state index in [-0.39, 0.29) is 5.69 Å². The lowest BCUT2D eigenvalue weighted by Crippen LogP contribution is -2.37. The number of non-ortho nitro benzene ring substituents is 1. The first-order valence-electron chi connectivity index (χ1n) is 9.94. The Bertz CT molecular complexity index is 1250. The SMILES string of the molecule is O=C1C2ON(c3ccc(Cl)cc3)C(c3ccc([N+](=O)[O-])cc3)C2C(=O)N1c1ccc(Cl)cc1. The van der Waals surface area contributed by atoms with Crippen molar-refractivity contribution >= 4 is 52.1 Å². The van der Waals surface area contributed by atoms with E-state index in [1.165, 1.54) is 17.2 Å². The molecule has 2 saturated heterocycles. The molecule has 0 bridgehead atoms. The fraction of sp³-hybridized carbons (Fsp3) is 0.130. The summed E-state index contributed by atoms with van der Waals surface area (Å²) < 4.78 is 0. The normalized spacial score (nSPS) is 22.1. The van der Waals surface area contributed by atoms with Gasteiger partial charge in [0.05, 0.1) is 22.3 Å². The monoisotopic (exact) mass is 483 g/mol. The molecule has 0 saturated carbocycles. The van der Waals surface area contributed by atoms with Crippen LogP contribution in [-0.4, -0.2) is 22.8 Å². The van der Waals surface area contributed by atoms with E-state index >= 15 is 0 Å². The Labute approximate surface area is 198 Å². The minimum absolute atomic E-state index is 0.0797. The van der Waals surface area contributed by atoms with E-state index < -0.39 is 34.8 Å². The fourth-order valence-electron chi connectivity index (χ4n) is 4.20. The van der Waals surface area contributed by atoms with E-state index in [9.17, 15) is 19.7 Å². The highest BCUT2D eigenvalue weighted by Crippen LogP contribution is 2.47. The number of hydrogen-bond donors (Lipinski definition) is 0. The molecule has 8 nitrogen and oxygen atoms in total. The fourth-order valence-corrected chi connectivity index (χ4v) is 4.46. The molecular formula is C23H15Cl2N3O5. The maximum Gasteiger partial charge on any atom is 0.269 e. The number of hydrogen-bond acceptors (Lipinski definition) is 6. The molecule has 3 aromatic carbocycles. The quantitative estimate of drug-likeness (QED) is 0.296. The second-order valence-corrected chi connectivity index (χ2v) is 8.51. The highest BCUT2D eigenvalue weighted by Gasteiger charge is 2.60. The summed E-state index contributed by atoms with van der Waals surface area (Å²) in [5, 5.41) is 13.6. The molecule has 0 spiro atoms. The predicted molar refractivity (Wildman–Crippen MR) is 122 cm³/mol. The number of nitro groups is 1. The second-order valence-electron chi connectivity index (χ2n) is 7.64. The first-order valence-corrected chi connectivity index (χ1v) is 10.7. The Hall–Kier alpha value is -3.46. The van der Waals surface area contributed by atoms with Gasteiger partial charge in [-0.1, -0.05) is 35.3 Å². The zero-order chi connectivity index (χ0) is 23.3. The van der Waals surface area contributed by atoms with Crippen LogP contribution in [0.2, 0.25) is 10.0 Å². The Morgan fingerprint density at radius 2 is 1.33 bits per heavy atom. The van der Waals surface area contributed by atoms with Crippen LogP contribution in [0, 0.1) is 16.0 Å². The van der Waals surface area contributed by atoms with Crippen molar-refractivity contribution in [3.63, 3.8) is 0 Å². The number of nitrogens with zero attached hydrogens (tertiary/aromatic N) is 3. The van der Waals surface area contributed by atoms with Crippen molar-refractivity contribution in [1.29, 1.82) is 0 Å². The zero-order valence-corrected chi connectivity index (χ0v) is 18.3. The van der Waals surface area contributed by atoms with Crippen molar-refractivity contribution in [2.75, 3.05) is 9.96 Å². The van der Waals surface area contributed by atoms with Crippen molar-refractivity contribution < 1.29 is 19.3 Å². The average molecular weight is 484 g/mol. The second kappa shape index (κ2) is 8.15. The number of carbonyl (C=O) groups is 2. The van der Waals surface area contributed by atoms with Crippen LogP contribution in [0.1, 0.15) is 11.6 Å². The number of halogens is 2. The van der Waals surface area contributed by atoms with Crippen molar-refractivity contribution in [3.05, 3.63) is 98.5 Å². The van der Waals surface area contributed by atoms with Gasteiger partial charge in [-0.15, -0.1) is 0 Å². The van der Waals surface area contributed by atoms with Crippen LogP contribution in [0.3, 0.4) is 0 Å². The first kappa shape index (κ1) is 21.4. The molecule has 0 aliphatic carbocycles. The van der Waals surface area contributed by atoms with Gasteiger partial charge in [0.25, 0.3) is 11.6 Å². The van der Waals surface area contributed by atoms with Gasteiger partial charge in [-0.25, -0.2) is 9.96 Å². The zero-order valence-electron chi connectivity index (χ0n) is 16.8. The largest absolute Gasteiger partial charge is 0.273 e. The van der Waals surface area contributed by atoms with Gasteiger partial charge in [-0.3, -0.25) is 24.5 Å². The Morgan fingerprint density at radius 3 is 1.88 bits per heavy atom. The molecule has 3 atom stereocenters. The van der Waals surface area contributed by atoms with Gasteiger partial charge in [0, 0.05) is 22.2 Å². The summed E-state index contributed by atoms with van der Waals surface area (Å²) in [4.78, 5) is 44.5. The molecule has 2 heterocycles. The van der Waals surface area contributed by atoms with Crippen LogP contribution in [0.15, 0.2) is 72.8 Å². The summed E-state index contributed by atoms with van der Waals surface area (Å²) in [6, 6.07) is 18.3. The molecule has 5 rings (SSSR count). The van der Waals surface area contributed by atoms with Crippen LogP contribution in [-0.2, 0) is 14.4 Å². The van der Waals surface area contributed by atoms with Crippen LogP contribution in [0.5, 0.6) is 0 Å². The topological polar surface area (TPSA) is 93.0 Å². The molecule has 3 aromatic rings. The third-order valence-corrected chi connectivity index (χ3v) is 6.23. The minimum Gasteiger partial charge on any atom is -0.273 e. The number of nitro benzene ring substituents is 1. The molecule has 0 aromatic heterocycles. The molecule has 33 heavy (non-hydrogen) atoms. The van der Waals surface area contributed by atoms with Crippen molar-refractivity contribution in [2.24, 2.45) is 5.92 Å². The van der Waals surface area contributed by atoms with Crippen LogP contribution in [0.4, 0.5) is 17.1 Å². The lowest BCUT2D eigenvalue weighted by molar-refractivity contribution is -0.384. The van der Waals surface area contributed by atoms with E-state index in [1.54, 1.807) is 60.7 Å². The van der Waals surface area contributed by atoms with E-state index in [0.29, 0.717) is 27.0 Å². The van der Waals surface area contributed by atoms with Gasteiger partial charge in [0.1, 0.15) is 5.92 Å². The summed E-state index contributed by atoms with van der Waals surface area (Å²) in [5.74, 6) is -1.77. The number of rotatable bonds is 4. The predicted octanol–water partition coefficient (Wildman–Crippen LogP) is 4.95. The maximum atomic E-state index is 13.5. The number of benzene rings is 3. The van der Waals surface area contributed by atoms with Gasteiger partial charge in [-0.2, -0.15) is 0 Å². The lowest BCUT2D eigenvalue weighted by Gasteiger charge is -2.28. The molecular weight excluding hydrogens is 469 g/mol. The minimum atomic E-state index is -1.05. The van der Waals surface area contributed by atoms with Crippen LogP contribution in [0.25, 0.3) is 0 Å². The van der Waals surface area contributed by atoms with E-state index in [4.69, 9.17) is 28.0 Å². The van der Waals surface area contributed by atoms with Gasteiger partial charge < -0.3 is 0 Å². The summed E-state index contributed by atoms with van der Waals surface area (Å²) in [7, 11) is 0. The number of fused-ring (bicyclic) bond motifs is 1. The first-order chi connectivity index (χ1) is 15.8. The van der Waals surface area contributed by atoms with Crippen LogP contribution < -0.4 is 9.96 Å². The number of hydroxylamine groups is 1. The molecule has 0 radical (unpaired) electrons. The summed E-state index contributed by atoms with van der Waals surface area (Å²) >= 11 is 12.0. The molecule has 2 aliphatic heterocycles. The van der Waals surface area contributed by atoms with Crippen LogP contribution >= 0.6 is 23.2 Å². The maximum absolute atomic E-state index is 13.5. The third-order valence-electron chi connectivity index (χ3n) is 5.73. The highest BCUT2D eigenvalue weighted by atomic mass is 35.5. The highest BCUT2D eigenvalue weighted by molar-refractivity contribution is 6.31. The Balaban J connectivity index is 1.57. The average Bonchev–Trinajstić information content (AvgIpc) is 3.31. The molecule has 0 N–H and O–H groups in total. The van der Waals surface area contributed by atoms with Crippen molar-refractivity contribution in [2.45, 2.75) is 12.1 Å². The van der Waals surface area contributed by atoms with E-state index in [0.717, 1.165) is 4.90 Å². The smallest absolute Gasteiger partial charge is 0.269 e. The summed E-state index contributed by atoms with van der Waals surface area (Å²) in [6.07, 6.45) is -1.05. The van der Waals surface area contributed by atoms with Gasteiger partial charge >= 0.3 is 0 Å². The Kier molecular flexibility index (Phi) is 5.28. The number of anilines is 2. The van der Waals surface area contributed by atoms with Crippen molar-refractivity contribution in [3.8, 4) is 0 Å². The molecule has 2 fully saturated rings. The Morgan fingerprint density at radius 1 is 0.788 bits per heavy atom. The molecule has 2 aliphatic rings. The summed E-state index contributed by atoms with van der Waals surface area (Å²) in [6.45, 7) is 0. The van der Waals surface area contributed by atoms with Gasteiger partial charge in [0.2, 0.25) is 5.91 Å². The third kappa shape index (κ3) is 3.62. The molecule has 166 valence electrons. The van der Waals surface area contributed by atoms with E-state index in [2.05, 4.69) is 0 Å². The lowest BCUT2D eigenvalue weighted by atomic mass is 9.90. The number of imide groups is 1. The van der Waals surface area contributed by atoms with E-state index in [1.807, 2.05) is 0 Å². The number of carbonyl (C=O) groups excluding carboxylic acids is 2. The molecule has 3 unspecified atom stereocenters. The summed E-state index contributed by atoms with van der Waals surface area (Å²) in [5.41, 5.74) is 1.51.